The largest absolute Gasteiger partial charge is 0.399 e. The van der Waals surface area contributed by atoms with Crippen LogP contribution in [0.2, 0.25) is 0 Å². The van der Waals surface area contributed by atoms with Crippen molar-refractivity contribution in [3.8, 4) is 0 Å². The third kappa shape index (κ3) is 3.34. The normalized spacial score (nSPS) is 12.1. The molecule has 0 saturated carbocycles. The van der Waals surface area contributed by atoms with Gasteiger partial charge in [0.05, 0.1) is 6.20 Å². The summed E-state index contributed by atoms with van der Waals surface area (Å²) in [5.74, 6) is 0.773. The average molecular weight is 258 g/mol. The number of hydrogen-bond acceptors (Lipinski definition) is 3. The summed E-state index contributed by atoms with van der Waals surface area (Å²) in [7, 11) is 0. The Labute approximate surface area is 112 Å². The summed E-state index contributed by atoms with van der Waals surface area (Å²) >= 11 is 0. The second-order valence-corrected chi connectivity index (χ2v) is 4.75. The van der Waals surface area contributed by atoms with Crippen LogP contribution in [-0.4, -0.2) is 16.1 Å². The Bertz CT molecular complexity index is 559. The first-order chi connectivity index (χ1) is 9.06. The van der Waals surface area contributed by atoms with E-state index in [9.17, 15) is 4.79 Å². The van der Waals surface area contributed by atoms with Crippen LogP contribution in [0, 0.1) is 6.92 Å². The van der Waals surface area contributed by atoms with Crippen LogP contribution in [-0.2, 0) is 4.79 Å². The van der Waals surface area contributed by atoms with Gasteiger partial charge in [0.1, 0.15) is 5.82 Å². The van der Waals surface area contributed by atoms with Gasteiger partial charge in [-0.15, -0.1) is 0 Å². The molecule has 0 spiro atoms. The second-order valence-electron chi connectivity index (χ2n) is 4.75. The number of nitrogen functional groups attached to an aromatic ring is 1. The lowest BCUT2D eigenvalue weighted by Gasteiger charge is -2.12. The molecule has 1 unspecified atom stereocenters. The predicted octanol–water partition coefficient (Wildman–Crippen LogP) is 2.43. The van der Waals surface area contributed by atoms with Gasteiger partial charge in [-0.2, -0.15) is 5.10 Å². The summed E-state index contributed by atoms with van der Waals surface area (Å²) in [6.45, 7) is 3.91. The molecule has 1 amide bonds. The minimum Gasteiger partial charge on any atom is -0.399 e. The molecule has 0 saturated heterocycles. The van der Waals surface area contributed by atoms with Gasteiger partial charge in [0.15, 0.2) is 0 Å². The van der Waals surface area contributed by atoms with Crippen molar-refractivity contribution < 1.29 is 4.79 Å². The molecule has 1 atom stereocenters. The first kappa shape index (κ1) is 13.1. The fraction of sp³-hybridized carbons (Fsp3) is 0.286. The standard InChI is InChI=1S/C14H18N4O/c1-9(11-3-5-12(15)6-4-11)7-13(19)17-14-10(2)8-16-18-14/h3-6,8-9H,7,15H2,1-2H3,(H2,16,17,18,19). The molecular weight excluding hydrogens is 240 g/mol. The van der Waals surface area contributed by atoms with Crippen LogP contribution >= 0.6 is 0 Å². The molecule has 0 bridgehead atoms. The summed E-state index contributed by atoms with van der Waals surface area (Å²) in [6, 6.07) is 7.61. The Morgan fingerprint density at radius 3 is 2.68 bits per heavy atom. The van der Waals surface area contributed by atoms with Crippen molar-refractivity contribution in [2.24, 2.45) is 0 Å². The molecule has 0 aliphatic rings. The van der Waals surface area contributed by atoms with Crippen molar-refractivity contribution in [2.45, 2.75) is 26.2 Å². The molecule has 0 fully saturated rings. The van der Waals surface area contributed by atoms with E-state index < -0.39 is 0 Å². The molecule has 100 valence electrons. The van der Waals surface area contributed by atoms with Gasteiger partial charge in [0.25, 0.3) is 0 Å². The molecule has 5 nitrogen and oxygen atoms in total. The van der Waals surface area contributed by atoms with Crippen LogP contribution in [0.25, 0.3) is 0 Å². The number of hydrogen-bond donors (Lipinski definition) is 3. The van der Waals surface area contributed by atoms with Crippen LogP contribution in [0.1, 0.15) is 30.4 Å². The maximum absolute atomic E-state index is 11.9. The quantitative estimate of drug-likeness (QED) is 0.736. The minimum atomic E-state index is -0.0309. The van der Waals surface area contributed by atoms with Gasteiger partial charge < -0.3 is 11.1 Å². The van der Waals surface area contributed by atoms with Crippen molar-refractivity contribution in [1.29, 1.82) is 0 Å². The molecule has 0 radical (unpaired) electrons. The van der Waals surface area contributed by atoms with E-state index in [1.165, 1.54) is 0 Å². The van der Waals surface area contributed by atoms with E-state index in [0.29, 0.717) is 12.2 Å². The van der Waals surface area contributed by atoms with Crippen LogP contribution in [0.4, 0.5) is 11.5 Å². The number of H-pyrrole nitrogens is 1. The first-order valence-corrected chi connectivity index (χ1v) is 6.21. The molecule has 2 rings (SSSR count). The van der Waals surface area contributed by atoms with E-state index in [1.807, 2.05) is 38.1 Å². The van der Waals surface area contributed by atoms with Crippen LogP contribution < -0.4 is 11.1 Å². The summed E-state index contributed by atoms with van der Waals surface area (Å²) in [4.78, 5) is 11.9. The van der Waals surface area contributed by atoms with Crippen LogP contribution in [0.5, 0.6) is 0 Å². The lowest BCUT2D eigenvalue weighted by Crippen LogP contribution is -2.15. The number of aromatic amines is 1. The fourth-order valence-electron chi connectivity index (χ4n) is 1.88. The Kier molecular flexibility index (Phi) is 3.85. The SMILES string of the molecule is Cc1cn[nH]c1NC(=O)CC(C)c1ccc(N)cc1. The molecule has 1 aromatic carbocycles. The summed E-state index contributed by atoms with van der Waals surface area (Å²) in [6.07, 6.45) is 2.10. The van der Waals surface area contributed by atoms with Gasteiger partial charge in [0, 0.05) is 17.7 Å². The number of amides is 1. The zero-order valence-corrected chi connectivity index (χ0v) is 11.1. The zero-order valence-electron chi connectivity index (χ0n) is 11.1. The number of nitrogens with two attached hydrogens (primary N) is 1. The number of benzene rings is 1. The van der Waals surface area contributed by atoms with Gasteiger partial charge in [-0.1, -0.05) is 19.1 Å². The molecule has 0 aliphatic carbocycles. The molecule has 0 aliphatic heterocycles. The van der Waals surface area contributed by atoms with E-state index in [4.69, 9.17) is 5.73 Å². The number of anilines is 2. The van der Waals surface area contributed by atoms with Crippen LogP contribution in [0.3, 0.4) is 0 Å². The first-order valence-electron chi connectivity index (χ1n) is 6.21. The molecule has 4 N–H and O–H groups in total. The number of aryl methyl sites for hydroxylation is 1. The number of carbonyl (C=O) groups is 1. The van der Waals surface area contributed by atoms with Crippen molar-refractivity contribution >= 4 is 17.4 Å². The topological polar surface area (TPSA) is 83.8 Å². The number of rotatable bonds is 4. The lowest BCUT2D eigenvalue weighted by atomic mass is 9.97. The van der Waals surface area contributed by atoms with Gasteiger partial charge >= 0.3 is 0 Å². The highest BCUT2D eigenvalue weighted by molar-refractivity contribution is 5.90. The highest BCUT2D eigenvalue weighted by Gasteiger charge is 2.12. The third-order valence-electron chi connectivity index (χ3n) is 3.09. The Morgan fingerprint density at radius 1 is 1.42 bits per heavy atom. The van der Waals surface area contributed by atoms with Crippen molar-refractivity contribution in [3.63, 3.8) is 0 Å². The van der Waals surface area contributed by atoms with E-state index in [2.05, 4.69) is 15.5 Å². The second kappa shape index (κ2) is 5.56. The zero-order chi connectivity index (χ0) is 13.8. The number of nitrogens with zero attached hydrogens (tertiary/aromatic N) is 1. The minimum absolute atomic E-state index is 0.0309. The Morgan fingerprint density at radius 2 is 2.11 bits per heavy atom. The highest BCUT2D eigenvalue weighted by Crippen LogP contribution is 2.21. The van der Waals surface area contributed by atoms with E-state index >= 15 is 0 Å². The lowest BCUT2D eigenvalue weighted by molar-refractivity contribution is -0.116. The van der Waals surface area contributed by atoms with Gasteiger partial charge in [-0.3, -0.25) is 9.89 Å². The van der Waals surface area contributed by atoms with Gasteiger partial charge in [-0.25, -0.2) is 0 Å². The maximum Gasteiger partial charge on any atom is 0.226 e. The van der Waals surface area contributed by atoms with Crippen molar-refractivity contribution in [2.75, 3.05) is 11.1 Å². The number of aromatic nitrogens is 2. The fourth-order valence-corrected chi connectivity index (χ4v) is 1.88. The molecular formula is C14H18N4O. The molecule has 1 aromatic heterocycles. The van der Waals surface area contributed by atoms with Crippen LogP contribution in [0.15, 0.2) is 30.5 Å². The molecule has 5 heteroatoms. The van der Waals surface area contributed by atoms with E-state index in [-0.39, 0.29) is 11.8 Å². The third-order valence-corrected chi connectivity index (χ3v) is 3.09. The maximum atomic E-state index is 11.9. The highest BCUT2D eigenvalue weighted by atomic mass is 16.1. The van der Waals surface area contributed by atoms with Gasteiger partial charge in [0.2, 0.25) is 5.91 Å². The smallest absolute Gasteiger partial charge is 0.226 e. The Balaban J connectivity index is 1.95. The summed E-state index contributed by atoms with van der Waals surface area (Å²) < 4.78 is 0. The summed E-state index contributed by atoms with van der Waals surface area (Å²) in [5.41, 5.74) is 8.40. The predicted molar refractivity (Wildman–Crippen MR) is 75.8 cm³/mol. The van der Waals surface area contributed by atoms with E-state index in [0.717, 1.165) is 16.8 Å². The molecule has 2 aromatic rings. The van der Waals surface area contributed by atoms with Crippen molar-refractivity contribution in [3.05, 3.63) is 41.6 Å². The number of carbonyl (C=O) groups excluding carboxylic acids is 1. The monoisotopic (exact) mass is 258 g/mol. The van der Waals surface area contributed by atoms with E-state index in [1.54, 1.807) is 6.20 Å². The van der Waals surface area contributed by atoms with Gasteiger partial charge in [-0.05, 0) is 30.5 Å². The van der Waals surface area contributed by atoms with Crippen molar-refractivity contribution in [1.82, 2.24) is 10.2 Å². The summed E-state index contributed by atoms with van der Waals surface area (Å²) in [5, 5.41) is 9.45. The molecule has 19 heavy (non-hydrogen) atoms. The average Bonchev–Trinajstić information content (AvgIpc) is 2.75. The number of nitrogens with one attached hydrogen (secondary N) is 2. The Hall–Kier alpha value is -2.30. The molecule has 1 heterocycles.